The fourth-order valence-electron chi connectivity index (χ4n) is 2.28. The molecule has 0 aliphatic heterocycles. The summed E-state index contributed by atoms with van der Waals surface area (Å²) >= 11 is 0. The summed E-state index contributed by atoms with van der Waals surface area (Å²) in [6.45, 7) is 2.16. The third kappa shape index (κ3) is 2.68. The van der Waals surface area contributed by atoms with Crippen molar-refractivity contribution >= 4 is 11.0 Å². The van der Waals surface area contributed by atoms with Gasteiger partial charge in [-0.1, -0.05) is 13.3 Å². The molecule has 0 amide bonds. The molecule has 0 saturated carbocycles. The van der Waals surface area contributed by atoms with Gasteiger partial charge in [0.15, 0.2) is 0 Å². The summed E-state index contributed by atoms with van der Waals surface area (Å²) in [6.07, 6.45) is 2.14. The zero-order valence-electron chi connectivity index (χ0n) is 11.9. The highest BCUT2D eigenvalue weighted by atomic mass is 16.5. The lowest BCUT2D eigenvalue weighted by Crippen LogP contribution is -2.15. The van der Waals surface area contributed by atoms with Crippen molar-refractivity contribution < 1.29 is 13.9 Å². The summed E-state index contributed by atoms with van der Waals surface area (Å²) in [5.41, 5.74) is 0.794. The van der Waals surface area contributed by atoms with E-state index in [1.165, 1.54) is 0 Å². The maximum absolute atomic E-state index is 5.94. The molecule has 1 aromatic heterocycles. The fraction of sp³-hybridized carbons (Fsp3) is 0.467. The molecule has 1 aromatic carbocycles. The maximum atomic E-state index is 5.94. The Labute approximate surface area is 113 Å². The molecule has 1 heterocycles. The van der Waals surface area contributed by atoms with Crippen LogP contribution in [0.1, 0.15) is 31.6 Å². The van der Waals surface area contributed by atoms with Gasteiger partial charge in [-0.25, -0.2) is 0 Å². The van der Waals surface area contributed by atoms with Gasteiger partial charge in [0, 0.05) is 12.1 Å². The summed E-state index contributed by atoms with van der Waals surface area (Å²) in [6, 6.07) is 6.04. The van der Waals surface area contributed by atoms with Crippen molar-refractivity contribution in [2.75, 3.05) is 21.3 Å². The van der Waals surface area contributed by atoms with Crippen LogP contribution in [0.4, 0.5) is 0 Å². The predicted octanol–water partition coefficient (Wildman–Crippen LogP) is 3.51. The lowest BCUT2D eigenvalue weighted by atomic mass is 10.1. The van der Waals surface area contributed by atoms with E-state index in [0.717, 1.165) is 41.1 Å². The van der Waals surface area contributed by atoms with Gasteiger partial charge in [-0.3, -0.25) is 0 Å². The van der Waals surface area contributed by atoms with Crippen molar-refractivity contribution in [2.24, 2.45) is 0 Å². The highest BCUT2D eigenvalue weighted by Crippen LogP contribution is 2.35. The summed E-state index contributed by atoms with van der Waals surface area (Å²) < 4.78 is 16.6. The molecule has 1 unspecified atom stereocenters. The average molecular weight is 263 g/mol. The lowest BCUT2D eigenvalue weighted by Gasteiger charge is -2.11. The van der Waals surface area contributed by atoms with Crippen LogP contribution in [0.3, 0.4) is 0 Å². The van der Waals surface area contributed by atoms with Gasteiger partial charge < -0.3 is 19.2 Å². The smallest absolute Gasteiger partial charge is 0.141 e. The van der Waals surface area contributed by atoms with Gasteiger partial charge in [-0.2, -0.15) is 0 Å². The first-order valence-corrected chi connectivity index (χ1v) is 6.56. The average Bonchev–Trinajstić information content (AvgIpc) is 2.86. The van der Waals surface area contributed by atoms with Gasteiger partial charge >= 0.3 is 0 Å². The molecule has 0 aliphatic rings. The van der Waals surface area contributed by atoms with Crippen LogP contribution in [0.25, 0.3) is 11.0 Å². The number of fused-ring (bicyclic) bond motifs is 1. The molecule has 2 aromatic rings. The molecular weight excluding hydrogens is 242 g/mol. The van der Waals surface area contributed by atoms with Crippen LogP contribution < -0.4 is 14.8 Å². The van der Waals surface area contributed by atoms with Crippen molar-refractivity contribution in [3.05, 3.63) is 24.0 Å². The van der Waals surface area contributed by atoms with Crippen LogP contribution in [0.5, 0.6) is 11.5 Å². The Hall–Kier alpha value is -1.68. The Balaban J connectivity index is 2.49. The van der Waals surface area contributed by atoms with Crippen LogP contribution in [-0.4, -0.2) is 21.3 Å². The van der Waals surface area contributed by atoms with Gasteiger partial charge in [-0.05, 0) is 19.5 Å². The number of rotatable bonds is 6. The minimum absolute atomic E-state index is 0.230. The molecular formula is C15H21NO3. The summed E-state index contributed by atoms with van der Waals surface area (Å²) in [5.74, 6) is 2.45. The molecule has 0 radical (unpaired) electrons. The monoisotopic (exact) mass is 263 g/mol. The van der Waals surface area contributed by atoms with Crippen LogP contribution >= 0.6 is 0 Å². The largest absolute Gasteiger partial charge is 0.496 e. The minimum Gasteiger partial charge on any atom is -0.496 e. The van der Waals surface area contributed by atoms with Crippen molar-refractivity contribution in [3.8, 4) is 11.5 Å². The first kappa shape index (κ1) is 13.7. The van der Waals surface area contributed by atoms with Crippen molar-refractivity contribution in [3.63, 3.8) is 0 Å². The molecule has 1 N–H and O–H groups in total. The predicted molar refractivity (Wildman–Crippen MR) is 76.0 cm³/mol. The number of methoxy groups -OCH3 is 2. The Kier molecular flexibility index (Phi) is 4.32. The van der Waals surface area contributed by atoms with E-state index in [9.17, 15) is 0 Å². The van der Waals surface area contributed by atoms with Crippen LogP contribution in [0.15, 0.2) is 22.6 Å². The number of benzene rings is 1. The van der Waals surface area contributed by atoms with Crippen molar-refractivity contribution in [2.45, 2.75) is 25.8 Å². The highest BCUT2D eigenvalue weighted by molar-refractivity contribution is 5.86. The SMILES string of the molecule is CCCC(NC)c1cc2c(OC)cc(OC)cc2o1. The number of hydrogen-bond acceptors (Lipinski definition) is 4. The van der Waals surface area contributed by atoms with Crippen molar-refractivity contribution in [1.29, 1.82) is 0 Å². The summed E-state index contributed by atoms with van der Waals surface area (Å²) in [4.78, 5) is 0. The third-order valence-corrected chi connectivity index (χ3v) is 3.32. The molecule has 0 saturated heterocycles. The van der Waals surface area contributed by atoms with Gasteiger partial charge in [0.1, 0.15) is 22.8 Å². The second-order valence-corrected chi connectivity index (χ2v) is 4.52. The summed E-state index contributed by atoms with van der Waals surface area (Å²) in [5, 5.41) is 4.26. The first-order chi connectivity index (χ1) is 9.23. The van der Waals surface area contributed by atoms with Crippen LogP contribution in [-0.2, 0) is 0 Å². The quantitative estimate of drug-likeness (QED) is 0.866. The van der Waals surface area contributed by atoms with E-state index in [1.54, 1.807) is 14.2 Å². The summed E-state index contributed by atoms with van der Waals surface area (Å²) in [7, 11) is 5.24. The second kappa shape index (κ2) is 5.97. The minimum atomic E-state index is 0.230. The number of furan rings is 1. The molecule has 1 atom stereocenters. The van der Waals surface area contributed by atoms with E-state index in [1.807, 2.05) is 25.2 Å². The van der Waals surface area contributed by atoms with Gasteiger partial charge in [-0.15, -0.1) is 0 Å². The van der Waals surface area contributed by atoms with E-state index in [4.69, 9.17) is 13.9 Å². The van der Waals surface area contributed by atoms with E-state index < -0.39 is 0 Å². The van der Waals surface area contributed by atoms with E-state index >= 15 is 0 Å². The molecule has 0 spiro atoms. The standard InChI is InChI=1S/C15H21NO3/c1-5-6-12(16-2)15-9-11-13(18-4)7-10(17-3)8-14(11)19-15/h7-9,12,16H,5-6H2,1-4H3. The Morgan fingerprint density at radius 2 is 2.00 bits per heavy atom. The zero-order valence-corrected chi connectivity index (χ0v) is 11.9. The number of ether oxygens (including phenoxy) is 2. The normalized spacial score (nSPS) is 12.6. The highest BCUT2D eigenvalue weighted by Gasteiger charge is 2.16. The molecule has 4 heteroatoms. The first-order valence-electron chi connectivity index (χ1n) is 6.56. The third-order valence-electron chi connectivity index (χ3n) is 3.32. The second-order valence-electron chi connectivity index (χ2n) is 4.52. The Bertz CT molecular complexity index is 548. The van der Waals surface area contributed by atoms with Crippen LogP contribution in [0.2, 0.25) is 0 Å². The number of nitrogens with one attached hydrogen (secondary N) is 1. The maximum Gasteiger partial charge on any atom is 0.141 e. The van der Waals surface area contributed by atoms with E-state index in [-0.39, 0.29) is 6.04 Å². The van der Waals surface area contributed by atoms with Gasteiger partial charge in [0.05, 0.1) is 25.6 Å². The molecule has 19 heavy (non-hydrogen) atoms. The molecule has 0 fully saturated rings. The van der Waals surface area contributed by atoms with E-state index in [2.05, 4.69) is 12.2 Å². The zero-order chi connectivity index (χ0) is 13.8. The van der Waals surface area contributed by atoms with Gasteiger partial charge in [0.2, 0.25) is 0 Å². The molecule has 4 nitrogen and oxygen atoms in total. The number of hydrogen-bond donors (Lipinski definition) is 1. The van der Waals surface area contributed by atoms with E-state index in [0.29, 0.717) is 0 Å². The van der Waals surface area contributed by atoms with Crippen molar-refractivity contribution in [1.82, 2.24) is 5.32 Å². The van der Waals surface area contributed by atoms with Crippen LogP contribution in [0, 0.1) is 0 Å². The molecule has 104 valence electrons. The Morgan fingerprint density at radius 1 is 1.21 bits per heavy atom. The fourth-order valence-corrected chi connectivity index (χ4v) is 2.28. The molecule has 0 bridgehead atoms. The molecule has 0 aliphatic carbocycles. The molecule has 2 rings (SSSR count). The topological polar surface area (TPSA) is 43.6 Å². The Morgan fingerprint density at radius 3 is 2.58 bits per heavy atom. The lowest BCUT2D eigenvalue weighted by molar-refractivity contribution is 0.396. The van der Waals surface area contributed by atoms with Gasteiger partial charge in [0.25, 0.3) is 0 Å².